The van der Waals surface area contributed by atoms with Gasteiger partial charge in [0.2, 0.25) is 17.7 Å². The molecule has 36 heavy (non-hydrogen) atoms. The zero-order valence-corrected chi connectivity index (χ0v) is 20.8. The summed E-state index contributed by atoms with van der Waals surface area (Å²) in [5.41, 5.74) is 2.82. The molecule has 0 aliphatic carbocycles. The van der Waals surface area contributed by atoms with Crippen LogP contribution in [0.25, 0.3) is 0 Å². The molecule has 1 fully saturated rings. The maximum atomic E-state index is 11.7. The summed E-state index contributed by atoms with van der Waals surface area (Å²) in [6.45, 7) is 6.16. The molecule has 188 valence electrons. The first-order valence-electron chi connectivity index (χ1n) is 11.2. The Bertz CT molecular complexity index is 1380. The van der Waals surface area contributed by atoms with Crippen LogP contribution in [0.5, 0.6) is 17.4 Å². The minimum atomic E-state index is -2.96. The standard InChI is InChI=1S/C25H27N5O5S/c1-4-23(31)27-18-6-5-7-20(14-18)35-24-17(2)16-26-25(29-24)28-21-9-8-19(15-22(21)34-3)30-10-12-36(32,33)13-11-30/h4-9,14-16H,1,10-13H2,2-3H3,(H,27,31)(H,26,28,29). The minimum absolute atomic E-state index is 0.138. The number of methoxy groups -OCH3 is 1. The molecule has 1 amide bonds. The molecular formula is C25H27N5O5S. The average Bonchev–Trinajstić information content (AvgIpc) is 2.86. The molecular weight excluding hydrogens is 482 g/mol. The van der Waals surface area contributed by atoms with Gasteiger partial charge in [0.1, 0.15) is 11.5 Å². The van der Waals surface area contributed by atoms with E-state index in [1.807, 2.05) is 30.0 Å². The van der Waals surface area contributed by atoms with Crippen molar-refractivity contribution in [3.63, 3.8) is 0 Å². The van der Waals surface area contributed by atoms with Crippen LogP contribution in [0.2, 0.25) is 0 Å². The van der Waals surface area contributed by atoms with Gasteiger partial charge in [-0.15, -0.1) is 0 Å². The van der Waals surface area contributed by atoms with Crippen LogP contribution in [0.3, 0.4) is 0 Å². The van der Waals surface area contributed by atoms with Crippen molar-refractivity contribution < 1.29 is 22.7 Å². The second-order valence-electron chi connectivity index (χ2n) is 8.15. The largest absolute Gasteiger partial charge is 0.494 e. The molecule has 1 aliphatic rings. The van der Waals surface area contributed by atoms with Crippen LogP contribution in [0.4, 0.5) is 23.0 Å². The molecule has 4 rings (SSSR count). The maximum Gasteiger partial charge on any atom is 0.247 e. The Labute approximate surface area is 209 Å². The summed E-state index contributed by atoms with van der Waals surface area (Å²) in [4.78, 5) is 22.4. The number of amides is 1. The number of aromatic nitrogens is 2. The first kappa shape index (κ1) is 25.0. The Kier molecular flexibility index (Phi) is 7.39. The van der Waals surface area contributed by atoms with Crippen LogP contribution in [0.1, 0.15) is 5.56 Å². The summed E-state index contributed by atoms with van der Waals surface area (Å²) in [5, 5.41) is 5.85. The number of aryl methyl sites for hydroxylation is 1. The molecule has 1 aromatic heterocycles. The molecule has 0 atom stereocenters. The average molecular weight is 510 g/mol. The van der Waals surface area contributed by atoms with Gasteiger partial charge in [-0.3, -0.25) is 4.79 Å². The predicted octanol–water partition coefficient (Wildman–Crippen LogP) is 3.69. The third-order valence-corrected chi connectivity index (χ3v) is 7.18. The van der Waals surface area contributed by atoms with E-state index >= 15 is 0 Å². The van der Waals surface area contributed by atoms with E-state index < -0.39 is 9.84 Å². The third kappa shape index (κ3) is 6.11. The lowest BCUT2D eigenvalue weighted by atomic mass is 10.2. The van der Waals surface area contributed by atoms with Gasteiger partial charge in [0.05, 0.1) is 24.3 Å². The Morgan fingerprint density at radius 2 is 1.94 bits per heavy atom. The van der Waals surface area contributed by atoms with Crippen LogP contribution in [0.15, 0.2) is 61.3 Å². The zero-order valence-electron chi connectivity index (χ0n) is 20.0. The molecule has 2 aromatic carbocycles. The fourth-order valence-corrected chi connectivity index (χ4v) is 4.80. The number of carbonyl (C=O) groups excluding carboxylic acids is 1. The van der Waals surface area contributed by atoms with Crippen LogP contribution >= 0.6 is 0 Å². The van der Waals surface area contributed by atoms with Gasteiger partial charge in [-0.2, -0.15) is 4.98 Å². The van der Waals surface area contributed by atoms with Crippen LogP contribution in [-0.2, 0) is 14.6 Å². The van der Waals surface area contributed by atoms with Gasteiger partial charge in [-0.1, -0.05) is 12.6 Å². The topological polar surface area (TPSA) is 123 Å². The number of sulfone groups is 1. The highest BCUT2D eigenvalue weighted by Gasteiger charge is 2.22. The number of nitrogens with zero attached hydrogens (tertiary/aromatic N) is 3. The number of benzene rings is 2. The SMILES string of the molecule is C=CC(=O)Nc1cccc(Oc2nc(Nc3ccc(N4CCS(=O)(=O)CC4)cc3OC)ncc2C)c1. The fraction of sp³-hybridized carbons (Fsp3) is 0.240. The molecule has 2 N–H and O–H groups in total. The highest BCUT2D eigenvalue weighted by Crippen LogP contribution is 2.33. The van der Waals surface area contributed by atoms with Gasteiger partial charge in [0.25, 0.3) is 0 Å². The van der Waals surface area contributed by atoms with Crippen molar-refractivity contribution in [2.24, 2.45) is 0 Å². The lowest BCUT2D eigenvalue weighted by Crippen LogP contribution is -2.40. The number of ether oxygens (including phenoxy) is 2. The smallest absolute Gasteiger partial charge is 0.247 e. The summed E-state index contributed by atoms with van der Waals surface area (Å²) < 4.78 is 35.0. The van der Waals surface area contributed by atoms with Gasteiger partial charge >= 0.3 is 0 Å². The summed E-state index contributed by atoms with van der Waals surface area (Å²) >= 11 is 0. The molecule has 2 heterocycles. The zero-order chi connectivity index (χ0) is 25.7. The van der Waals surface area contributed by atoms with Crippen molar-refractivity contribution in [2.45, 2.75) is 6.92 Å². The van der Waals surface area contributed by atoms with E-state index in [1.54, 1.807) is 37.6 Å². The molecule has 11 heteroatoms. The van der Waals surface area contributed by atoms with Gasteiger partial charge < -0.3 is 25.0 Å². The Balaban J connectivity index is 1.51. The summed E-state index contributed by atoms with van der Waals surface area (Å²) in [6, 6.07) is 12.5. The van der Waals surface area contributed by atoms with Crippen LogP contribution in [0, 0.1) is 6.92 Å². The van der Waals surface area contributed by atoms with Crippen molar-refractivity contribution >= 4 is 38.8 Å². The van der Waals surface area contributed by atoms with Crippen molar-refractivity contribution in [2.75, 3.05) is 47.2 Å². The number of anilines is 4. The van der Waals surface area contributed by atoms with E-state index in [2.05, 4.69) is 27.2 Å². The predicted molar refractivity (Wildman–Crippen MR) is 139 cm³/mol. The molecule has 3 aromatic rings. The number of hydrogen-bond donors (Lipinski definition) is 2. The summed E-state index contributed by atoms with van der Waals surface area (Å²) in [6.07, 6.45) is 2.83. The Hall–Kier alpha value is -4.12. The highest BCUT2D eigenvalue weighted by molar-refractivity contribution is 7.91. The third-order valence-electron chi connectivity index (χ3n) is 5.57. The molecule has 0 unspecified atom stereocenters. The normalized spacial score (nSPS) is 14.6. The minimum Gasteiger partial charge on any atom is -0.494 e. The van der Waals surface area contributed by atoms with E-state index in [0.29, 0.717) is 47.8 Å². The van der Waals surface area contributed by atoms with E-state index in [0.717, 1.165) is 11.3 Å². The molecule has 1 saturated heterocycles. The van der Waals surface area contributed by atoms with E-state index in [4.69, 9.17) is 9.47 Å². The van der Waals surface area contributed by atoms with Crippen molar-refractivity contribution in [3.8, 4) is 17.4 Å². The first-order valence-corrected chi connectivity index (χ1v) is 13.0. The first-order chi connectivity index (χ1) is 17.3. The fourth-order valence-electron chi connectivity index (χ4n) is 3.60. The number of rotatable bonds is 8. The number of hydrogen-bond acceptors (Lipinski definition) is 9. The van der Waals surface area contributed by atoms with Crippen molar-refractivity contribution in [1.29, 1.82) is 0 Å². The van der Waals surface area contributed by atoms with Gasteiger partial charge in [0, 0.05) is 48.4 Å². The van der Waals surface area contributed by atoms with Crippen molar-refractivity contribution in [3.05, 3.63) is 66.9 Å². The van der Waals surface area contributed by atoms with Gasteiger partial charge in [-0.05, 0) is 37.3 Å². The molecule has 1 aliphatic heterocycles. The molecule has 0 radical (unpaired) electrons. The summed E-state index contributed by atoms with van der Waals surface area (Å²) in [7, 11) is -1.40. The second-order valence-corrected chi connectivity index (χ2v) is 10.5. The molecule has 10 nitrogen and oxygen atoms in total. The lowest BCUT2D eigenvalue weighted by Gasteiger charge is -2.29. The Morgan fingerprint density at radius 3 is 2.67 bits per heavy atom. The summed E-state index contributed by atoms with van der Waals surface area (Å²) in [5.74, 6) is 1.68. The molecule has 0 spiro atoms. The second kappa shape index (κ2) is 10.6. The molecule has 0 saturated carbocycles. The van der Waals surface area contributed by atoms with E-state index in [-0.39, 0.29) is 17.4 Å². The number of nitrogens with one attached hydrogen (secondary N) is 2. The van der Waals surface area contributed by atoms with Crippen molar-refractivity contribution in [1.82, 2.24) is 9.97 Å². The monoisotopic (exact) mass is 509 g/mol. The molecule has 0 bridgehead atoms. The van der Waals surface area contributed by atoms with Gasteiger partial charge in [-0.25, -0.2) is 13.4 Å². The lowest BCUT2D eigenvalue weighted by molar-refractivity contribution is -0.111. The number of carbonyl (C=O) groups is 1. The van der Waals surface area contributed by atoms with E-state index in [1.165, 1.54) is 6.08 Å². The van der Waals surface area contributed by atoms with Gasteiger partial charge in [0.15, 0.2) is 9.84 Å². The van der Waals surface area contributed by atoms with Crippen LogP contribution in [-0.4, -0.2) is 56.0 Å². The van der Waals surface area contributed by atoms with E-state index in [9.17, 15) is 13.2 Å². The highest BCUT2D eigenvalue weighted by atomic mass is 32.2. The quantitative estimate of drug-likeness (QED) is 0.438. The maximum absolute atomic E-state index is 11.7. The van der Waals surface area contributed by atoms with Crippen LogP contribution < -0.4 is 25.0 Å². The Morgan fingerprint density at radius 1 is 1.17 bits per heavy atom.